The largest absolute Gasteiger partial charge is 0.379 e. The van der Waals surface area contributed by atoms with Crippen molar-refractivity contribution in [2.24, 2.45) is 11.7 Å². The van der Waals surface area contributed by atoms with E-state index in [2.05, 4.69) is 25.7 Å². The highest BCUT2D eigenvalue weighted by molar-refractivity contribution is 4.60. The Bertz CT molecular complexity index is 204. The van der Waals surface area contributed by atoms with Crippen LogP contribution in [0.4, 0.5) is 0 Å². The number of hydrogen-bond acceptors (Lipinski definition) is 5. The molecule has 5 heteroatoms. The zero-order valence-corrected chi connectivity index (χ0v) is 14.3. The molecule has 0 atom stereocenters. The minimum atomic E-state index is 0.637. The first kappa shape index (κ1) is 20.8. The van der Waals surface area contributed by atoms with Gasteiger partial charge in [-0.1, -0.05) is 27.2 Å². The Morgan fingerprint density at radius 1 is 0.857 bits per heavy atom. The van der Waals surface area contributed by atoms with E-state index in [9.17, 15) is 0 Å². The SMILES string of the molecule is CCCCOCCOCCOCCN(CCN)CC(C)C. The van der Waals surface area contributed by atoms with Gasteiger partial charge in [-0.3, -0.25) is 4.90 Å². The van der Waals surface area contributed by atoms with Crippen molar-refractivity contribution in [1.29, 1.82) is 0 Å². The topological polar surface area (TPSA) is 57.0 Å². The summed E-state index contributed by atoms with van der Waals surface area (Å²) in [4.78, 5) is 2.35. The van der Waals surface area contributed by atoms with Crippen LogP contribution in [0.15, 0.2) is 0 Å². The van der Waals surface area contributed by atoms with Gasteiger partial charge in [0.25, 0.3) is 0 Å². The maximum atomic E-state index is 5.62. The molecule has 2 N–H and O–H groups in total. The molecule has 5 nitrogen and oxygen atoms in total. The molecule has 0 unspecified atom stereocenters. The minimum absolute atomic E-state index is 0.637. The van der Waals surface area contributed by atoms with Crippen molar-refractivity contribution in [2.75, 3.05) is 65.8 Å². The molecule has 0 spiro atoms. The van der Waals surface area contributed by atoms with Gasteiger partial charge in [0.2, 0.25) is 0 Å². The molecular weight excluding hydrogens is 268 g/mol. The predicted octanol–water partition coefficient (Wildman–Crippen LogP) is 1.75. The van der Waals surface area contributed by atoms with Crippen LogP contribution in [-0.2, 0) is 14.2 Å². The van der Waals surface area contributed by atoms with Crippen molar-refractivity contribution in [1.82, 2.24) is 4.90 Å². The zero-order chi connectivity index (χ0) is 15.8. The molecule has 21 heavy (non-hydrogen) atoms. The molecule has 0 saturated heterocycles. The number of nitrogens with zero attached hydrogens (tertiary/aromatic N) is 1. The van der Waals surface area contributed by atoms with E-state index in [0.29, 0.717) is 38.9 Å². The molecule has 0 aliphatic rings. The molecule has 0 aromatic carbocycles. The van der Waals surface area contributed by atoms with E-state index >= 15 is 0 Å². The monoisotopic (exact) mass is 304 g/mol. The first-order valence-electron chi connectivity index (χ1n) is 8.36. The van der Waals surface area contributed by atoms with Crippen LogP contribution in [0.1, 0.15) is 33.6 Å². The predicted molar refractivity (Wildman–Crippen MR) is 87.7 cm³/mol. The lowest BCUT2D eigenvalue weighted by molar-refractivity contribution is 0.00984. The van der Waals surface area contributed by atoms with E-state index in [1.54, 1.807) is 0 Å². The highest BCUT2D eigenvalue weighted by Crippen LogP contribution is 1.97. The summed E-state index contributed by atoms with van der Waals surface area (Å²) in [5.74, 6) is 0.660. The van der Waals surface area contributed by atoms with Crippen LogP contribution >= 0.6 is 0 Å². The Balaban J connectivity index is 3.29. The van der Waals surface area contributed by atoms with E-state index in [4.69, 9.17) is 19.9 Å². The van der Waals surface area contributed by atoms with Crippen LogP contribution in [0.5, 0.6) is 0 Å². The Morgan fingerprint density at radius 2 is 1.43 bits per heavy atom. The minimum Gasteiger partial charge on any atom is -0.379 e. The average molecular weight is 304 g/mol. The Morgan fingerprint density at radius 3 is 1.95 bits per heavy atom. The molecule has 0 aliphatic carbocycles. The first-order chi connectivity index (χ1) is 10.2. The van der Waals surface area contributed by atoms with Crippen molar-refractivity contribution in [3.8, 4) is 0 Å². The molecule has 0 amide bonds. The Hall–Kier alpha value is -0.200. The summed E-state index contributed by atoms with van der Waals surface area (Å²) in [6, 6.07) is 0. The van der Waals surface area contributed by atoms with Gasteiger partial charge in [0, 0.05) is 32.8 Å². The van der Waals surface area contributed by atoms with E-state index in [0.717, 1.165) is 39.3 Å². The lowest BCUT2D eigenvalue weighted by atomic mass is 10.2. The number of rotatable bonds is 16. The Kier molecular flexibility index (Phi) is 16.0. The van der Waals surface area contributed by atoms with Crippen molar-refractivity contribution >= 4 is 0 Å². The highest BCUT2D eigenvalue weighted by Gasteiger charge is 2.05. The van der Waals surface area contributed by atoms with E-state index in [1.807, 2.05) is 0 Å². The van der Waals surface area contributed by atoms with Gasteiger partial charge in [0.1, 0.15) is 0 Å². The van der Waals surface area contributed by atoms with E-state index in [-0.39, 0.29) is 0 Å². The molecule has 0 heterocycles. The van der Waals surface area contributed by atoms with Gasteiger partial charge < -0.3 is 19.9 Å². The molecule has 0 radical (unpaired) electrons. The molecular formula is C16H36N2O3. The third kappa shape index (κ3) is 16.0. The zero-order valence-electron chi connectivity index (χ0n) is 14.3. The third-order valence-electron chi connectivity index (χ3n) is 3.01. The van der Waals surface area contributed by atoms with Crippen LogP contribution in [0.3, 0.4) is 0 Å². The lowest BCUT2D eigenvalue weighted by Gasteiger charge is -2.23. The highest BCUT2D eigenvalue weighted by atomic mass is 16.5. The molecule has 0 saturated carbocycles. The lowest BCUT2D eigenvalue weighted by Crippen LogP contribution is -2.35. The summed E-state index contributed by atoms with van der Waals surface area (Å²) in [6.45, 7) is 14.5. The van der Waals surface area contributed by atoms with Crippen molar-refractivity contribution in [3.63, 3.8) is 0 Å². The van der Waals surface area contributed by atoms with Gasteiger partial charge in [-0.15, -0.1) is 0 Å². The summed E-state index contributed by atoms with van der Waals surface area (Å²) in [6.07, 6.45) is 2.30. The van der Waals surface area contributed by atoms with Crippen molar-refractivity contribution in [3.05, 3.63) is 0 Å². The van der Waals surface area contributed by atoms with Gasteiger partial charge in [0.05, 0.1) is 33.0 Å². The van der Waals surface area contributed by atoms with Gasteiger partial charge in [-0.05, 0) is 12.3 Å². The van der Waals surface area contributed by atoms with Gasteiger partial charge in [-0.25, -0.2) is 0 Å². The van der Waals surface area contributed by atoms with Gasteiger partial charge in [-0.2, -0.15) is 0 Å². The van der Waals surface area contributed by atoms with Crippen LogP contribution in [0.2, 0.25) is 0 Å². The second-order valence-corrected chi connectivity index (χ2v) is 5.67. The Labute approximate surface area is 131 Å². The van der Waals surface area contributed by atoms with Gasteiger partial charge >= 0.3 is 0 Å². The molecule has 0 aliphatic heterocycles. The maximum absolute atomic E-state index is 5.62. The molecule has 0 aromatic heterocycles. The summed E-state index contributed by atoms with van der Waals surface area (Å²) in [7, 11) is 0. The fraction of sp³-hybridized carbons (Fsp3) is 1.00. The van der Waals surface area contributed by atoms with Crippen LogP contribution in [-0.4, -0.2) is 70.7 Å². The van der Waals surface area contributed by atoms with Gasteiger partial charge in [0.15, 0.2) is 0 Å². The van der Waals surface area contributed by atoms with Crippen LogP contribution in [0.25, 0.3) is 0 Å². The van der Waals surface area contributed by atoms with Crippen molar-refractivity contribution < 1.29 is 14.2 Å². The fourth-order valence-corrected chi connectivity index (χ4v) is 1.98. The summed E-state index contributed by atoms with van der Waals surface area (Å²) < 4.78 is 16.5. The normalized spacial score (nSPS) is 11.7. The first-order valence-corrected chi connectivity index (χ1v) is 8.36. The number of hydrogen-bond donors (Lipinski definition) is 1. The maximum Gasteiger partial charge on any atom is 0.0701 e. The second kappa shape index (κ2) is 16.2. The summed E-state index contributed by atoms with van der Waals surface area (Å²) in [5.41, 5.74) is 5.62. The smallest absolute Gasteiger partial charge is 0.0701 e. The standard InChI is InChI=1S/C16H36N2O3/c1-4-5-9-19-11-13-21-14-12-20-10-8-18(7-6-17)15-16(2)3/h16H,4-15,17H2,1-3H3. The molecule has 0 aromatic rings. The van der Waals surface area contributed by atoms with Crippen LogP contribution < -0.4 is 5.73 Å². The third-order valence-corrected chi connectivity index (χ3v) is 3.01. The molecule has 0 rings (SSSR count). The molecule has 128 valence electrons. The van der Waals surface area contributed by atoms with Crippen molar-refractivity contribution in [2.45, 2.75) is 33.6 Å². The van der Waals surface area contributed by atoms with Crippen LogP contribution in [0, 0.1) is 5.92 Å². The van der Waals surface area contributed by atoms with E-state index < -0.39 is 0 Å². The summed E-state index contributed by atoms with van der Waals surface area (Å²) >= 11 is 0. The average Bonchev–Trinajstić information content (AvgIpc) is 2.44. The van der Waals surface area contributed by atoms with E-state index in [1.165, 1.54) is 6.42 Å². The number of unbranched alkanes of at least 4 members (excludes halogenated alkanes) is 1. The molecule has 0 fully saturated rings. The number of ether oxygens (including phenoxy) is 3. The second-order valence-electron chi connectivity index (χ2n) is 5.67. The number of nitrogens with two attached hydrogens (primary N) is 1. The fourth-order valence-electron chi connectivity index (χ4n) is 1.98. The molecule has 0 bridgehead atoms. The quantitative estimate of drug-likeness (QED) is 0.440. The summed E-state index contributed by atoms with van der Waals surface area (Å²) in [5, 5.41) is 0.